The number of benzene rings is 2. The Balaban J connectivity index is 1.86. The molecule has 1 heterocycles. The van der Waals surface area contributed by atoms with Gasteiger partial charge >= 0.3 is 0 Å². The number of nitrogens with zero attached hydrogens (tertiary/aromatic N) is 1. The Morgan fingerprint density at radius 1 is 0.737 bits per heavy atom. The van der Waals surface area contributed by atoms with E-state index in [1.165, 1.54) is 11.1 Å². The van der Waals surface area contributed by atoms with E-state index in [2.05, 4.69) is 24.3 Å². The Bertz CT molecular complexity index is 464. The third-order valence-corrected chi connectivity index (χ3v) is 3.96. The van der Waals surface area contributed by atoms with Gasteiger partial charge in [0.2, 0.25) is 0 Å². The van der Waals surface area contributed by atoms with Crippen LogP contribution >= 0.6 is 0 Å². The third-order valence-electron chi connectivity index (χ3n) is 3.96. The quantitative estimate of drug-likeness (QED) is 0.860. The summed E-state index contributed by atoms with van der Waals surface area (Å²) >= 11 is 0. The van der Waals surface area contributed by atoms with Crippen molar-refractivity contribution >= 4 is 0 Å². The largest absolute Gasteiger partial charge is 0.313 e. The number of hydrogen-bond acceptors (Lipinski definition) is 2. The van der Waals surface area contributed by atoms with Crippen LogP contribution in [0.25, 0.3) is 0 Å². The van der Waals surface area contributed by atoms with E-state index in [4.69, 9.17) is 0 Å². The van der Waals surface area contributed by atoms with E-state index in [1.54, 1.807) is 5.06 Å². The molecule has 98 valence electrons. The first-order valence-electron chi connectivity index (χ1n) is 6.93. The summed E-state index contributed by atoms with van der Waals surface area (Å²) in [5.74, 6) is 0. The summed E-state index contributed by atoms with van der Waals surface area (Å²) in [7, 11) is 0. The summed E-state index contributed by atoms with van der Waals surface area (Å²) in [6, 6.07) is 20.8. The summed E-state index contributed by atoms with van der Waals surface area (Å²) in [5, 5.41) is 12.1. The van der Waals surface area contributed by atoms with Crippen LogP contribution in [0.2, 0.25) is 0 Å². The molecule has 1 N–H and O–H groups in total. The van der Waals surface area contributed by atoms with E-state index >= 15 is 0 Å². The molecule has 2 aromatic rings. The SMILES string of the molecule is ON1C(c2ccccc2)CCCC1c1ccccc1. The summed E-state index contributed by atoms with van der Waals surface area (Å²) < 4.78 is 0. The van der Waals surface area contributed by atoms with Crippen LogP contribution in [-0.4, -0.2) is 10.3 Å². The molecule has 0 aromatic heterocycles. The van der Waals surface area contributed by atoms with Crippen molar-refractivity contribution in [2.75, 3.05) is 0 Å². The minimum Gasteiger partial charge on any atom is -0.313 e. The first kappa shape index (κ1) is 12.4. The summed E-state index contributed by atoms with van der Waals surface area (Å²) in [6.07, 6.45) is 3.18. The van der Waals surface area contributed by atoms with Crippen LogP contribution in [0.15, 0.2) is 60.7 Å². The van der Waals surface area contributed by atoms with Gasteiger partial charge in [-0.2, -0.15) is 5.06 Å². The number of piperidine rings is 1. The molecule has 2 heteroatoms. The van der Waals surface area contributed by atoms with Crippen molar-refractivity contribution in [3.05, 3.63) is 71.8 Å². The van der Waals surface area contributed by atoms with Crippen molar-refractivity contribution in [2.45, 2.75) is 31.3 Å². The fourth-order valence-corrected chi connectivity index (χ4v) is 2.98. The van der Waals surface area contributed by atoms with Crippen LogP contribution in [0.4, 0.5) is 0 Å². The Morgan fingerprint density at radius 3 is 1.58 bits per heavy atom. The van der Waals surface area contributed by atoms with Crippen LogP contribution in [0, 0.1) is 0 Å². The van der Waals surface area contributed by atoms with E-state index in [1.807, 2.05) is 36.4 Å². The van der Waals surface area contributed by atoms with Gasteiger partial charge in [-0.3, -0.25) is 0 Å². The molecule has 0 amide bonds. The second-order valence-corrected chi connectivity index (χ2v) is 5.16. The molecule has 0 aliphatic carbocycles. The molecule has 2 atom stereocenters. The zero-order valence-electron chi connectivity index (χ0n) is 10.9. The summed E-state index contributed by atoms with van der Waals surface area (Å²) in [6.45, 7) is 0. The molecule has 1 aliphatic rings. The van der Waals surface area contributed by atoms with Gasteiger partial charge in [0.25, 0.3) is 0 Å². The highest BCUT2D eigenvalue weighted by molar-refractivity contribution is 5.23. The summed E-state index contributed by atoms with van der Waals surface area (Å²) in [5.41, 5.74) is 2.40. The van der Waals surface area contributed by atoms with Gasteiger partial charge < -0.3 is 5.21 Å². The molecule has 2 unspecified atom stereocenters. The fourth-order valence-electron chi connectivity index (χ4n) is 2.98. The molecule has 3 rings (SSSR count). The molecule has 1 fully saturated rings. The van der Waals surface area contributed by atoms with E-state index in [0.717, 1.165) is 19.3 Å². The predicted molar refractivity (Wildman–Crippen MR) is 75.8 cm³/mol. The molecule has 2 aromatic carbocycles. The van der Waals surface area contributed by atoms with Crippen LogP contribution in [-0.2, 0) is 0 Å². The third kappa shape index (κ3) is 2.55. The van der Waals surface area contributed by atoms with Crippen LogP contribution in [0.5, 0.6) is 0 Å². The molecule has 0 radical (unpaired) electrons. The maximum Gasteiger partial charge on any atom is 0.0606 e. The molecule has 19 heavy (non-hydrogen) atoms. The molecule has 1 aliphatic heterocycles. The first-order chi connectivity index (χ1) is 9.36. The Labute approximate surface area is 114 Å². The van der Waals surface area contributed by atoms with Gasteiger partial charge in [0, 0.05) is 0 Å². The minimum absolute atomic E-state index is 0.111. The molecule has 2 nitrogen and oxygen atoms in total. The van der Waals surface area contributed by atoms with E-state index in [9.17, 15) is 5.21 Å². The predicted octanol–water partition coefficient (Wildman–Crippen LogP) is 4.34. The highest BCUT2D eigenvalue weighted by Gasteiger charge is 2.31. The van der Waals surface area contributed by atoms with Crippen LogP contribution < -0.4 is 0 Å². The average Bonchev–Trinajstić information content (AvgIpc) is 2.49. The smallest absolute Gasteiger partial charge is 0.0606 e. The lowest BCUT2D eigenvalue weighted by atomic mass is 9.89. The Kier molecular flexibility index (Phi) is 3.62. The van der Waals surface area contributed by atoms with Crippen molar-refractivity contribution < 1.29 is 5.21 Å². The van der Waals surface area contributed by atoms with Crippen molar-refractivity contribution in [1.29, 1.82) is 0 Å². The van der Waals surface area contributed by atoms with E-state index in [-0.39, 0.29) is 12.1 Å². The van der Waals surface area contributed by atoms with Crippen molar-refractivity contribution in [3.63, 3.8) is 0 Å². The normalized spacial score (nSPS) is 24.3. The fraction of sp³-hybridized carbons (Fsp3) is 0.294. The van der Waals surface area contributed by atoms with Crippen molar-refractivity contribution in [1.82, 2.24) is 5.06 Å². The highest BCUT2D eigenvalue weighted by Crippen LogP contribution is 2.39. The van der Waals surface area contributed by atoms with Crippen molar-refractivity contribution in [2.24, 2.45) is 0 Å². The summed E-state index contributed by atoms with van der Waals surface area (Å²) in [4.78, 5) is 0. The molecule has 0 bridgehead atoms. The lowest BCUT2D eigenvalue weighted by Gasteiger charge is -2.38. The molecule has 1 saturated heterocycles. The Morgan fingerprint density at radius 2 is 1.16 bits per heavy atom. The molecule has 0 spiro atoms. The zero-order chi connectivity index (χ0) is 13.1. The average molecular weight is 253 g/mol. The molecular formula is C17H19NO. The van der Waals surface area contributed by atoms with Crippen molar-refractivity contribution in [3.8, 4) is 0 Å². The van der Waals surface area contributed by atoms with Crippen LogP contribution in [0.1, 0.15) is 42.5 Å². The lowest BCUT2D eigenvalue weighted by Crippen LogP contribution is -2.33. The van der Waals surface area contributed by atoms with E-state index < -0.39 is 0 Å². The zero-order valence-corrected chi connectivity index (χ0v) is 10.9. The Hall–Kier alpha value is -1.64. The first-order valence-corrected chi connectivity index (χ1v) is 6.93. The van der Waals surface area contributed by atoms with Gasteiger partial charge in [-0.15, -0.1) is 0 Å². The van der Waals surface area contributed by atoms with E-state index in [0.29, 0.717) is 0 Å². The monoisotopic (exact) mass is 253 g/mol. The second kappa shape index (κ2) is 5.55. The number of hydroxylamine groups is 2. The van der Waals surface area contributed by atoms with Gasteiger partial charge in [0.1, 0.15) is 0 Å². The van der Waals surface area contributed by atoms with Gasteiger partial charge in [0.05, 0.1) is 12.1 Å². The standard InChI is InChI=1S/C17H19NO/c19-18-16(14-8-3-1-4-9-14)12-7-13-17(18)15-10-5-2-6-11-15/h1-6,8-11,16-17,19H,7,12-13H2. The number of rotatable bonds is 2. The van der Waals surface area contributed by atoms with Gasteiger partial charge in [-0.1, -0.05) is 60.7 Å². The highest BCUT2D eigenvalue weighted by atomic mass is 16.5. The van der Waals surface area contributed by atoms with Crippen LogP contribution in [0.3, 0.4) is 0 Å². The number of hydrogen-bond donors (Lipinski definition) is 1. The molecular weight excluding hydrogens is 234 g/mol. The van der Waals surface area contributed by atoms with Gasteiger partial charge in [-0.05, 0) is 30.4 Å². The van der Waals surface area contributed by atoms with Gasteiger partial charge in [0.15, 0.2) is 0 Å². The maximum absolute atomic E-state index is 10.6. The maximum atomic E-state index is 10.6. The minimum atomic E-state index is 0.111. The topological polar surface area (TPSA) is 23.5 Å². The van der Waals surface area contributed by atoms with Gasteiger partial charge in [-0.25, -0.2) is 0 Å². The lowest BCUT2D eigenvalue weighted by molar-refractivity contribution is -0.182. The molecule has 0 saturated carbocycles. The second-order valence-electron chi connectivity index (χ2n) is 5.16.